The van der Waals surface area contributed by atoms with Gasteiger partial charge in [0.25, 0.3) is 0 Å². The summed E-state index contributed by atoms with van der Waals surface area (Å²) in [7, 11) is 0. The van der Waals surface area contributed by atoms with Crippen molar-refractivity contribution in [1.82, 2.24) is 5.32 Å². The third kappa shape index (κ3) is 3.01. The van der Waals surface area contributed by atoms with Gasteiger partial charge < -0.3 is 10.6 Å². The molecule has 0 heterocycles. The highest BCUT2D eigenvalue weighted by Crippen LogP contribution is 2.48. The lowest BCUT2D eigenvalue weighted by atomic mass is 9.95. The zero-order valence-electron chi connectivity index (χ0n) is 12.2. The van der Waals surface area contributed by atoms with Crippen molar-refractivity contribution in [2.24, 2.45) is 0 Å². The molecule has 0 saturated heterocycles. The van der Waals surface area contributed by atoms with Gasteiger partial charge in [-0.05, 0) is 30.5 Å². The number of nitrogens with one attached hydrogen (secondary N) is 2. The van der Waals surface area contributed by atoms with Gasteiger partial charge in [-0.1, -0.05) is 48.5 Å². The number of carbonyl (C=O) groups excluding carboxylic acids is 2. The smallest absolute Gasteiger partial charge is 0.243 e. The van der Waals surface area contributed by atoms with E-state index in [-0.39, 0.29) is 18.4 Å². The van der Waals surface area contributed by atoms with E-state index in [4.69, 9.17) is 0 Å². The Hall–Kier alpha value is -2.62. The Morgan fingerprint density at radius 3 is 2.09 bits per heavy atom. The quantitative estimate of drug-likeness (QED) is 0.890. The minimum Gasteiger partial charge on any atom is -0.346 e. The van der Waals surface area contributed by atoms with Gasteiger partial charge in [-0.3, -0.25) is 9.59 Å². The first-order valence-electron chi connectivity index (χ1n) is 7.39. The molecule has 1 saturated carbocycles. The van der Waals surface area contributed by atoms with Crippen LogP contribution in [0.15, 0.2) is 60.7 Å². The van der Waals surface area contributed by atoms with Crippen molar-refractivity contribution in [1.29, 1.82) is 0 Å². The molecule has 4 heteroatoms. The van der Waals surface area contributed by atoms with Crippen molar-refractivity contribution in [3.05, 3.63) is 66.2 Å². The molecule has 0 aromatic heterocycles. The Balaban J connectivity index is 1.56. The summed E-state index contributed by atoms with van der Waals surface area (Å²) in [6.45, 7) is -0.0116. The summed E-state index contributed by atoms with van der Waals surface area (Å²) in [5, 5.41) is 5.51. The number of anilines is 1. The Bertz CT molecular complexity index is 664. The molecule has 1 aliphatic rings. The normalized spacial score (nSPS) is 14.9. The van der Waals surface area contributed by atoms with Gasteiger partial charge in [-0.25, -0.2) is 0 Å². The van der Waals surface area contributed by atoms with Crippen LogP contribution in [-0.2, 0) is 15.0 Å². The van der Waals surface area contributed by atoms with Gasteiger partial charge in [0.1, 0.15) is 0 Å². The minimum atomic E-state index is -0.436. The first kappa shape index (κ1) is 14.3. The fourth-order valence-electron chi connectivity index (χ4n) is 2.59. The number of hydrogen-bond acceptors (Lipinski definition) is 2. The standard InChI is InChI=1S/C18H18N2O2/c21-16(20-15-9-5-2-6-10-15)13-19-17(22)18(11-12-18)14-7-3-1-4-8-14/h1-10H,11-13H2,(H,19,22)(H,20,21). The van der Waals surface area contributed by atoms with Crippen LogP contribution in [0.5, 0.6) is 0 Å². The number of amides is 2. The van der Waals surface area contributed by atoms with Crippen molar-refractivity contribution in [2.75, 3.05) is 11.9 Å². The maximum absolute atomic E-state index is 12.4. The van der Waals surface area contributed by atoms with Gasteiger partial charge in [0.05, 0.1) is 12.0 Å². The van der Waals surface area contributed by atoms with Gasteiger partial charge in [0.15, 0.2) is 0 Å². The first-order chi connectivity index (χ1) is 10.7. The van der Waals surface area contributed by atoms with Gasteiger partial charge in [0.2, 0.25) is 11.8 Å². The fourth-order valence-corrected chi connectivity index (χ4v) is 2.59. The zero-order valence-corrected chi connectivity index (χ0v) is 12.2. The molecule has 4 nitrogen and oxygen atoms in total. The van der Waals surface area contributed by atoms with Crippen molar-refractivity contribution in [3.8, 4) is 0 Å². The summed E-state index contributed by atoms with van der Waals surface area (Å²) < 4.78 is 0. The number of hydrogen-bond donors (Lipinski definition) is 2. The molecule has 3 rings (SSSR count). The predicted octanol–water partition coefficient (Wildman–Crippen LogP) is 2.47. The van der Waals surface area contributed by atoms with E-state index in [2.05, 4.69) is 10.6 Å². The average Bonchev–Trinajstić information content (AvgIpc) is 3.36. The minimum absolute atomic E-state index is 0.0116. The highest BCUT2D eigenvalue weighted by Gasteiger charge is 2.51. The molecule has 1 aliphatic carbocycles. The van der Waals surface area contributed by atoms with Crippen molar-refractivity contribution >= 4 is 17.5 Å². The number of benzene rings is 2. The van der Waals surface area contributed by atoms with Gasteiger partial charge in [0, 0.05) is 5.69 Å². The van der Waals surface area contributed by atoms with E-state index in [0.29, 0.717) is 0 Å². The van der Waals surface area contributed by atoms with Crippen LogP contribution in [0.4, 0.5) is 5.69 Å². The van der Waals surface area contributed by atoms with Crippen LogP contribution in [0, 0.1) is 0 Å². The van der Waals surface area contributed by atoms with E-state index in [9.17, 15) is 9.59 Å². The molecule has 1 fully saturated rings. The van der Waals surface area contributed by atoms with Crippen molar-refractivity contribution in [3.63, 3.8) is 0 Å². The second-order valence-electron chi connectivity index (χ2n) is 5.55. The van der Waals surface area contributed by atoms with E-state index in [1.807, 2.05) is 60.7 Å². The average molecular weight is 294 g/mol. The summed E-state index contributed by atoms with van der Waals surface area (Å²) in [5.74, 6) is -0.287. The molecule has 0 bridgehead atoms. The molecule has 0 spiro atoms. The molecule has 0 aliphatic heterocycles. The zero-order chi connectivity index (χ0) is 15.4. The number of para-hydroxylation sites is 1. The lowest BCUT2D eigenvalue weighted by Crippen LogP contribution is -2.39. The Kier molecular flexibility index (Phi) is 3.92. The molecule has 0 radical (unpaired) electrons. The molecule has 22 heavy (non-hydrogen) atoms. The van der Waals surface area contributed by atoms with E-state index in [0.717, 1.165) is 24.1 Å². The topological polar surface area (TPSA) is 58.2 Å². The molecule has 0 unspecified atom stereocenters. The lowest BCUT2D eigenvalue weighted by Gasteiger charge is -2.15. The molecule has 112 valence electrons. The Labute approximate surface area is 129 Å². The van der Waals surface area contributed by atoms with Crippen molar-refractivity contribution in [2.45, 2.75) is 18.3 Å². The Morgan fingerprint density at radius 1 is 0.909 bits per heavy atom. The third-order valence-corrected chi connectivity index (χ3v) is 3.98. The summed E-state index contributed by atoms with van der Waals surface area (Å²) in [6.07, 6.45) is 1.67. The van der Waals surface area contributed by atoms with Crippen LogP contribution >= 0.6 is 0 Å². The summed E-state index contributed by atoms with van der Waals surface area (Å²) in [5.41, 5.74) is 1.32. The van der Waals surface area contributed by atoms with E-state index in [1.54, 1.807) is 0 Å². The third-order valence-electron chi connectivity index (χ3n) is 3.98. The molecule has 2 amide bonds. The highest BCUT2D eigenvalue weighted by molar-refractivity contribution is 5.97. The Morgan fingerprint density at radius 2 is 1.50 bits per heavy atom. The van der Waals surface area contributed by atoms with Crippen LogP contribution in [0.1, 0.15) is 18.4 Å². The van der Waals surface area contributed by atoms with E-state index < -0.39 is 5.41 Å². The van der Waals surface area contributed by atoms with Crippen LogP contribution in [0.2, 0.25) is 0 Å². The van der Waals surface area contributed by atoms with E-state index >= 15 is 0 Å². The summed E-state index contributed by atoms with van der Waals surface area (Å²) in [4.78, 5) is 24.3. The van der Waals surface area contributed by atoms with Crippen LogP contribution < -0.4 is 10.6 Å². The van der Waals surface area contributed by atoms with Crippen LogP contribution in [0.3, 0.4) is 0 Å². The maximum Gasteiger partial charge on any atom is 0.243 e. The van der Waals surface area contributed by atoms with Crippen LogP contribution in [0.25, 0.3) is 0 Å². The monoisotopic (exact) mass is 294 g/mol. The SMILES string of the molecule is O=C(CNC(=O)C1(c2ccccc2)CC1)Nc1ccccc1. The van der Waals surface area contributed by atoms with Gasteiger partial charge in [-0.15, -0.1) is 0 Å². The van der Waals surface area contributed by atoms with Crippen molar-refractivity contribution < 1.29 is 9.59 Å². The van der Waals surface area contributed by atoms with E-state index in [1.165, 1.54) is 0 Å². The largest absolute Gasteiger partial charge is 0.346 e. The summed E-state index contributed by atoms with van der Waals surface area (Å²) in [6, 6.07) is 18.9. The lowest BCUT2D eigenvalue weighted by molar-refractivity contribution is -0.126. The molecule has 2 aromatic rings. The molecule has 2 aromatic carbocycles. The van der Waals surface area contributed by atoms with Crippen LogP contribution in [-0.4, -0.2) is 18.4 Å². The summed E-state index contributed by atoms with van der Waals surface area (Å²) >= 11 is 0. The first-order valence-corrected chi connectivity index (χ1v) is 7.39. The second kappa shape index (κ2) is 6.02. The molecular formula is C18H18N2O2. The number of carbonyl (C=O) groups is 2. The predicted molar refractivity (Wildman–Crippen MR) is 85.4 cm³/mol. The number of rotatable bonds is 5. The van der Waals surface area contributed by atoms with Gasteiger partial charge in [-0.2, -0.15) is 0 Å². The molecular weight excluding hydrogens is 276 g/mol. The molecule has 2 N–H and O–H groups in total. The highest BCUT2D eigenvalue weighted by atomic mass is 16.2. The second-order valence-corrected chi connectivity index (χ2v) is 5.55. The molecule has 0 atom stereocenters. The maximum atomic E-state index is 12.4. The van der Waals surface area contributed by atoms with Gasteiger partial charge >= 0.3 is 0 Å². The fraction of sp³-hybridized carbons (Fsp3) is 0.222.